The van der Waals surface area contributed by atoms with E-state index < -0.39 is 10.0 Å². The summed E-state index contributed by atoms with van der Waals surface area (Å²) < 4.78 is 25.9. The summed E-state index contributed by atoms with van der Waals surface area (Å²) in [5.41, 5.74) is 0. The van der Waals surface area contributed by atoms with E-state index in [0.717, 1.165) is 4.88 Å². The summed E-state index contributed by atoms with van der Waals surface area (Å²) in [5, 5.41) is 5.05. The van der Waals surface area contributed by atoms with Crippen LogP contribution in [0.25, 0.3) is 0 Å². The molecule has 0 atom stereocenters. The molecule has 18 heavy (non-hydrogen) atoms. The van der Waals surface area contributed by atoms with Gasteiger partial charge in [-0.3, -0.25) is 0 Å². The average molecular weight is 288 g/mol. The Labute approximate surface area is 113 Å². The van der Waals surface area contributed by atoms with Crippen molar-refractivity contribution >= 4 is 21.4 Å². The highest BCUT2D eigenvalue weighted by molar-refractivity contribution is 7.89. The standard InChI is InChI=1S/C12H20N2O2S2/c1-5-7-14(4)18(15,16)12-6-8-17-11(12)9-13-10(2)3/h5-6,8,10,13H,1,7,9H2,2-4H3. The normalized spacial score (nSPS) is 12.3. The molecule has 1 heterocycles. The van der Waals surface area contributed by atoms with E-state index in [0.29, 0.717) is 24.0 Å². The molecule has 4 nitrogen and oxygen atoms in total. The van der Waals surface area contributed by atoms with Gasteiger partial charge in [-0.2, -0.15) is 4.31 Å². The van der Waals surface area contributed by atoms with E-state index in [1.165, 1.54) is 15.6 Å². The van der Waals surface area contributed by atoms with Crippen LogP contribution >= 0.6 is 11.3 Å². The molecule has 0 aromatic carbocycles. The maximum Gasteiger partial charge on any atom is 0.244 e. The molecule has 6 heteroatoms. The summed E-state index contributed by atoms with van der Waals surface area (Å²) in [6.45, 7) is 8.52. The van der Waals surface area contributed by atoms with Gasteiger partial charge in [-0.25, -0.2) is 8.42 Å². The Kier molecular flexibility index (Phi) is 5.52. The third-order valence-electron chi connectivity index (χ3n) is 2.45. The first-order valence-corrected chi connectivity index (χ1v) is 8.08. The molecule has 0 saturated carbocycles. The van der Waals surface area contributed by atoms with Gasteiger partial charge >= 0.3 is 0 Å². The highest BCUT2D eigenvalue weighted by atomic mass is 32.2. The van der Waals surface area contributed by atoms with E-state index >= 15 is 0 Å². The molecule has 1 rings (SSSR count). The molecule has 0 aliphatic carbocycles. The predicted molar refractivity (Wildman–Crippen MR) is 76.3 cm³/mol. The third-order valence-corrected chi connectivity index (χ3v) is 5.41. The fourth-order valence-corrected chi connectivity index (χ4v) is 3.94. The molecule has 1 aromatic heterocycles. The number of rotatable bonds is 7. The van der Waals surface area contributed by atoms with Gasteiger partial charge in [-0.1, -0.05) is 19.9 Å². The van der Waals surface area contributed by atoms with Gasteiger partial charge in [0.1, 0.15) is 0 Å². The smallest absolute Gasteiger partial charge is 0.244 e. The highest BCUT2D eigenvalue weighted by Gasteiger charge is 2.23. The van der Waals surface area contributed by atoms with Crippen LogP contribution < -0.4 is 5.32 Å². The van der Waals surface area contributed by atoms with Crippen LogP contribution in [0.4, 0.5) is 0 Å². The summed E-state index contributed by atoms with van der Waals surface area (Å²) in [5.74, 6) is 0. The third kappa shape index (κ3) is 3.65. The van der Waals surface area contributed by atoms with Crippen molar-refractivity contribution < 1.29 is 8.42 Å². The molecular formula is C12H20N2O2S2. The molecule has 0 aliphatic heterocycles. The van der Waals surface area contributed by atoms with E-state index in [-0.39, 0.29) is 0 Å². The first kappa shape index (κ1) is 15.4. The molecule has 0 radical (unpaired) electrons. The van der Waals surface area contributed by atoms with Crippen molar-refractivity contribution in [3.63, 3.8) is 0 Å². The van der Waals surface area contributed by atoms with E-state index in [1.54, 1.807) is 19.2 Å². The Balaban J connectivity index is 2.95. The van der Waals surface area contributed by atoms with Gasteiger partial charge in [-0.05, 0) is 11.4 Å². The minimum absolute atomic E-state index is 0.315. The fourth-order valence-electron chi connectivity index (χ4n) is 1.43. The van der Waals surface area contributed by atoms with Crippen LogP contribution in [0.1, 0.15) is 18.7 Å². The number of sulfonamides is 1. The minimum atomic E-state index is -3.40. The van der Waals surface area contributed by atoms with E-state index in [1.807, 2.05) is 19.2 Å². The minimum Gasteiger partial charge on any atom is -0.310 e. The number of hydrogen-bond acceptors (Lipinski definition) is 4. The van der Waals surface area contributed by atoms with Crippen LogP contribution in [0.2, 0.25) is 0 Å². The Morgan fingerprint density at radius 1 is 1.56 bits per heavy atom. The van der Waals surface area contributed by atoms with Crippen LogP contribution in [0, 0.1) is 0 Å². The summed E-state index contributed by atoms with van der Waals surface area (Å²) in [6.07, 6.45) is 1.58. The second-order valence-electron chi connectivity index (χ2n) is 4.32. The maximum absolute atomic E-state index is 12.3. The van der Waals surface area contributed by atoms with Crippen molar-refractivity contribution in [2.24, 2.45) is 0 Å². The van der Waals surface area contributed by atoms with Gasteiger partial charge in [0.25, 0.3) is 0 Å². The topological polar surface area (TPSA) is 49.4 Å². The van der Waals surface area contributed by atoms with E-state index in [4.69, 9.17) is 0 Å². The van der Waals surface area contributed by atoms with Crippen molar-refractivity contribution in [3.8, 4) is 0 Å². The average Bonchev–Trinajstić information content (AvgIpc) is 2.75. The first-order chi connectivity index (χ1) is 8.39. The number of nitrogens with zero attached hydrogens (tertiary/aromatic N) is 1. The van der Waals surface area contributed by atoms with Gasteiger partial charge in [0.05, 0.1) is 4.90 Å². The lowest BCUT2D eigenvalue weighted by Gasteiger charge is -2.16. The molecule has 0 aliphatic rings. The molecule has 0 amide bonds. The van der Waals surface area contributed by atoms with Crippen LogP contribution in [0.5, 0.6) is 0 Å². The van der Waals surface area contributed by atoms with Crippen molar-refractivity contribution in [1.82, 2.24) is 9.62 Å². The number of hydrogen-bond donors (Lipinski definition) is 1. The van der Waals surface area contributed by atoms with Crippen molar-refractivity contribution in [2.45, 2.75) is 31.3 Å². The Bertz CT molecular complexity index is 492. The molecule has 0 fully saturated rings. The zero-order chi connectivity index (χ0) is 13.8. The van der Waals surface area contributed by atoms with Crippen LogP contribution in [0.3, 0.4) is 0 Å². The van der Waals surface area contributed by atoms with Crippen LogP contribution in [-0.4, -0.2) is 32.4 Å². The summed E-state index contributed by atoms with van der Waals surface area (Å²) in [6, 6.07) is 1.99. The maximum atomic E-state index is 12.3. The lowest BCUT2D eigenvalue weighted by Crippen LogP contribution is -2.28. The van der Waals surface area contributed by atoms with Gasteiger partial charge in [0, 0.05) is 31.1 Å². The zero-order valence-corrected chi connectivity index (χ0v) is 12.6. The monoisotopic (exact) mass is 288 g/mol. The molecule has 0 spiro atoms. The molecule has 0 saturated heterocycles. The molecular weight excluding hydrogens is 268 g/mol. The van der Waals surface area contributed by atoms with E-state index in [2.05, 4.69) is 11.9 Å². The lowest BCUT2D eigenvalue weighted by molar-refractivity contribution is 0.497. The summed E-state index contributed by atoms with van der Waals surface area (Å²) in [7, 11) is -1.84. The van der Waals surface area contributed by atoms with Crippen LogP contribution in [-0.2, 0) is 16.6 Å². The first-order valence-electron chi connectivity index (χ1n) is 5.76. The molecule has 0 unspecified atom stereocenters. The lowest BCUT2D eigenvalue weighted by atomic mass is 10.4. The Morgan fingerprint density at radius 2 is 2.22 bits per heavy atom. The number of thiophene rings is 1. The Morgan fingerprint density at radius 3 is 2.78 bits per heavy atom. The van der Waals surface area contributed by atoms with E-state index in [9.17, 15) is 8.42 Å². The van der Waals surface area contributed by atoms with Gasteiger partial charge in [0.2, 0.25) is 10.0 Å². The summed E-state index contributed by atoms with van der Waals surface area (Å²) >= 11 is 1.46. The Hall–Kier alpha value is -0.690. The van der Waals surface area contributed by atoms with Gasteiger partial charge in [-0.15, -0.1) is 17.9 Å². The van der Waals surface area contributed by atoms with Crippen molar-refractivity contribution in [2.75, 3.05) is 13.6 Å². The SMILES string of the molecule is C=CCN(C)S(=O)(=O)c1ccsc1CNC(C)C. The quantitative estimate of drug-likeness (QED) is 0.781. The zero-order valence-electron chi connectivity index (χ0n) is 11.0. The van der Waals surface area contributed by atoms with Crippen molar-refractivity contribution in [3.05, 3.63) is 29.0 Å². The van der Waals surface area contributed by atoms with Crippen LogP contribution in [0.15, 0.2) is 29.0 Å². The molecule has 1 aromatic rings. The fraction of sp³-hybridized carbons (Fsp3) is 0.500. The molecule has 102 valence electrons. The second kappa shape index (κ2) is 6.47. The second-order valence-corrected chi connectivity index (χ2v) is 7.33. The van der Waals surface area contributed by atoms with Gasteiger partial charge < -0.3 is 5.32 Å². The predicted octanol–water partition coefficient (Wildman–Crippen LogP) is 2.05. The number of nitrogens with one attached hydrogen (secondary N) is 1. The highest BCUT2D eigenvalue weighted by Crippen LogP contribution is 2.24. The summed E-state index contributed by atoms with van der Waals surface area (Å²) in [4.78, 5) is 1.24. The largest absolute Gasteiger partial charge is 0.310 e. The van der Waals surface area contributed by atoms with Crippen molar-refractivity contribution in [1.29, 1.82) is 0 Å². The van der Waals surface area contributed by atoms with Gasteiger partial charge in [0.15, 0.2) is 0 Å². The molecule has 1 N–H and O–H groups in total. The molecule has 0 bridgehead atoms. The number of likely N-dealkylation sites (N-methyl/N-ethyl adjacent to an activating group) is 1.